The first-order chi connectivity index (χ1) is 4.20. The monoisotopic (exact) mass is 122 g/mol. The summed E-state index contributed by atoms with van der Waals surface area (Å²) in [4.78, 5) is 0. The van der Waals surface area contributed by atoms with E-state index in [2.05, 4.69) is 6.58 Å². The van der Waals surface area contributed by atoms with Gasteiger partial charge in [0.2, 0.25) is 0 Å². The number of rotatable bonds is 0. The van der Waals surface area contributed by atoms with Crippen molar-refractivity contribution in [3.05, 3.63) is 35.6 Å². The van der Waals surface area contributed by atoms with Crippen LogP contribution < -0.4 is 0 Å². The topological polar surface area (TPSA) is 20.2 Å². The highest BCUT2D eigenvalue weighted by molar-refractivity contribution is 5.36. The van der Waals surface area contributed by atoms with Crippen molar-refractivity contribution in [3.8, 4) is 0 Å². The van der Waals surface area contributed by atoms with Crippen molar-refractivity contribution in [2.45, 2.75) is 13.3 Å². The predicted octanol–water partition coefficient (Wildman–Crippen LogP) is 2.33. The average molecular weight is 122 g/mol. The fourth-order valence-corrected chi connectivity index (χ4v) is 0.755. The number of allylic oxidation sites excluding steroid dienone is 4. The minimum atomic E-state index is 0.353. The van der Waals surface area contributed by atoms with Crippen LogP contribution in [0.5, 0.6) is 0 Å². The number of aliphatic hydroxyl groups is 1. The molecule has 1 aliphatic rings. The first-order valence-electron chi connectivity index (χ1n) is 2.95. The first kappa shape index (κ1) is 6.14. The van der Waals surface area contributed by atoms with Crippen LogP contribution in [0.3, 0.4) is 0 Å². The zero-order valence-electron chi connectivity index (χ0n) is 5.52. The molecule has 1 aliphatic carbocycles. The van der Waals surface area contributed by atoms with E-state index >= 15 is 0 Å². The Hall–Kier alpha value is -0.980. The van der Waals surface area contributed by atoms with Crippen LogP contribution in [0.4, 0.5) is 0 Å². The van der Waals surface area contributed by atoms with E-state index in [0.29, 0.717) is 5.76 Å². The summed E-state index contributed by atoms with van der Waals surface area (Å²) >= 11 is 0. The van der Waals surface area contributed by atoms with Gasteiger partial charge in [0.15, 0.2) is 0 Å². The second kappa shape index (κ2) is 2.09. The van der Waals surface area contributed by atoms with Crippen molar-refractivity contribution >= 4 is 0 Å². The maximum absolute atomic E-state index is 9.08. The first-order valence-corrected chi connectivity index (χ1v) is 2.95. The molecule has 0 saturated carbocycles. The van der Waals surface area contributed by atoms with Gasteiger partial charge in [-0.25, -0.2) is 0 Å². The van der Waals surface area contributed by atoms with E-state index in [4.69, 9.17) is 5.11 Å². The second-order valence-electron chi connectivity index (χ2n) is 2.28. The minimum absolute atomic E-state index is 0.353. The predicted molar refractivity (Wildman–Crippen MR) is 38.2 cm³/mol. The third-order valence-corrected chi connectivity index (χ3v) is 1.42. The van der Waals surface area contributed by atoms with E-state index in [1.54, 1.807) is 6.08 Å². The van der Waals surface area contributed by atoms with Gasteiger partial charge in [-0.1, -0.05) is 12.7 Å². The van der Waals surface area contributed by atoms with Gasteiger partial charge in [0.1, 0.15) is 5.76 Å². The molecule has 1 nitrogen and oxygen atoms in total. The smallest absolute Gasteiger partial charge is 0.118 e. The Kier molecular flexibility index (Phi) is 1.43. The van der Waals surface area contributed by atoms with Crippen molar-refractivity contribution in [2.75, 3.05) is 0 Å². The lowest BCUT2D eigenvalue weighted by atomic mass is 10.0. The molecule has 0 amide bonds. The van der Waals surface area contributed by atoms with E-state index in [9.17, 15) is 0 Å². The summed E-state index contributed by atoms with van der Waals surface area (Å²) in [7, 11) is 0. The molecule has 0 aromatic rings. The van der Waals surface area contributed by atoms with Gasteiger partial charge >= 0.3 is 0 Å². The van der Waals surface area contributed by atoms with E-state index in [1.165, 1.54) is 0 Å². The third-order valence-electron chi connectivity index (χ3n) is 1.42. The lowest BCUT2D eigenvalue weighted by Crippen LogP contribution is -1.91. The summed E-state index contributed by atoms with van der Waals surface area (Å²) in [6.45, 7) is 5.61. The molecule has 1 heteroatoms. The fraction of sp³-hybridized carbons (Fsp3) is 0.250. The van der Waals surface area contributed by atoms with Gasteiger partial charge < -0.3 is 5.11 Å². The maximum Gasteiger partial charge on any atom is 0.118 e. The van der Waals surface area contributed by atoms with Gasteiger partial charge in [0.05, 0.1) is 0 Å². The van der Waals surface area contributed by atoms with Crippen LogP contribution in [0, 0.1) is 0 Å². The third kappa shape index (κ3) is 1.22. The Morgan fingerprint density at radius 3 is 2.78 bits per heavy atom. The molecule has 0 aromatic heterocycles. The molecule has 0 aliphatic heterocycles. The quantitative estimate of drug-likeness (QED) is 0.522. The van der Waals surface area contributed by atoms with Crippen molar-refractivity contribution in [2.24, 2.45) is 0 Å². The van der Waals surface area contributed by atoms with Crippen LogP contribution in [0.1, 0.15) is 13.3 Å². The average Bonchev–Trinajstić information content (AvgIpc) is 1.80. The number of aliphatic hydroxyl groups excluding tert-OH is 1. The molecular formula is C8H10O. The Balaban J connectivity index is 2.87. The molecule has 1 rings (SSSR count). The molecule has 0 saturated heterocycles. The zero-order valence-corrected chi connectivity index (χ0v) is 5.52. The molecule has 0 aromatic carbocycles. The lowest BCUT2D eigenvalue weighted by Gasteiger charge is -2.06. The summed E-state index contributed by atoms with van der Waals surface area (Å²) in [5.41, 5.74) is 1.92. The molecule has 9 heavy (non-hydrogen) atoms. The van der Waals surface area contributed by atoms with Crippen molar-refractivity contribution < 1.29 is 5.11 Å². The molecule has 0 bridgehead atoms. The van der Waals surface area contributed by atoms with Crippen LogP contribution in [0.2, 0.25) is 0 Å². The number of hydrogen-bond donors (Lipinski definition) is 1. The summed E-state index contributed by atoms with van der Waals surface area (Å²) in [5, 5.41) is 9.08. The molecular weight excluding hydrogens is 112 g/mol. The molecule has 1 N–H and O–H groups in total. The Morgan fingerprint density at radius 1 is 1.67 bits per heavy atom. The Labute approximate surface area is 55.0 Å². The van der Waals surface area contributed by atoms with Gasteiger partial charge in [0, 0.05) is 0 Å². The largest absolute Gasteiger partial charge is 0.508 e. The number of hydrogen-bond acceptors (Lipinski definition) is 1. The molecule has 0 atom stereocenters. The van der Waals surface area contributed by atoms with E-state index in [1.807, 2.05) is 13.0 Å². The highest BCUT2D eigenvalue weighted by Gasteiger charge is 2.02. The standard InChI is InChI=1S/C8H10O/c1-6-3-4-7(2)8(9)5-6/h4-5,9H,1,3H2,2H3. The summed E-state index contributed by atoms with van der Waals surface area (Å²) in [6, 6.07) is 0. The van der Waals surface area contributed by atoms with Gasteiger partial charge in [-0.05, 0) is 30.6 Å². The van der Waals surface area contributed by atoms with Crippen molar-refractivity contribution in [1.29, 1.82) is 0 Å². The van der Waals surface area contributed by atoms with Crippen LogP contribution >= 0.6 is 0 Å². The molecule has 0 radical (unpaired) electrons. The van der Waals surface area contributed by atoms with E-state index < -0.39 is 0 Å². The lowest BCUT2D eigenvalue weighted by molar-refractivity contribution is 0.421. The normalized spacial score (nSPS) is 19.0. The molecule has 0 unspecified atom stereocenters. The summed E-state index contributed by atoms with van der Waals surface area (Å²) in [5.74, 6) is 0.353. The van der Waals surface area contributed by atoms with E-state index in [-0.39, 0.29) is 0 Å². The Bertz CT molecular complexity index is 197. The highest BCUT2D eigenvalue weighted by atomic mass is 16.3. The molecule has 48 valence electrons. The van der Waals surface area contributed by atoms with Crippen LogP contribution in [0.25, 0.3) is 0 Å². The molecule has 0 fully saturated rings. The SMILES string of the molecule is C=C1C=C(O)C(C)=CC1. The van der Waals surface area contributed by atoms with Gasteiger partial charge in [-0.15, -0.1) is 0 Å². The maximum atomic E-state index is 9.08. The van der Waals surface area contributed by atoms with Gasteiger partial charge in [-0.3, -0.25) is 0 Å². The van der Waals surface area contributed by atoms with Crippen LogP contribution in [-0.4, -0.2) is 5.11 Å². The van der Waals surface area contributed by atoms with Gasteiger partial charge in [-0.2, -0.15) is 0 Å². The Morgan fingerprint density at radius 2 is 2.33 bits per heavy atom. The van der Waals surface area contributed by atoms with Crippen LogP contribution in [0.15, 0.2) is 35.6 Å². The highest BCUT2D eigenvalue weighted by Crippen LogP contribution is 2.17. The fourth-order valence-electron chi connectivity index (χ4n) is 0.755. The zero-order chi connectivity index (χ0) is 6.85. The molecule has 0 spiro atoms. The van der Waals surface area contributed by atoms with Crippen LogP contribution in [-0.2, 0) is 0 Å². The summed E-state index contributed by atoms with van der Waals surface area (Å²) < 4.78 is 0. The van der Waals surface area contributed by atoms with Crippen molar-refractivity contribution in [1.82, 2.24) is 0 Å². The van der Waals surface area contributed by atoms with Gasteiger partial charge in [0.25, 0.3) is 0 Å². The minimum Gasteiger partial charge on any atom is -0.508 e. The summed E-state index contributed by atoms with van der Waals surface area (Å²) in [6.07, 6.45) is 4.54. The molecule has 0 heterocycles. The van der Waals surface area contributed by atoms with E-state index in [0.717, 1.165) is 17.6 Å². The second-order valence-corrected chi connectivity index (χ2v) is 2.28. The van der Waals surface area contributed by atoms with Crippen molar-refractivity contribution in [3.63, 3.8) is 0 Å².